The smallest absolute Gasteiger partial charge is 0.337 e. The number of anilines is 2. The second kappa shape index (κ2) is 5.71. The number of rotatable bonds is 2. The third-order valence-corrected chi connectivity index (χ3v) is 3.36. The fourth-order valence-corrected chi connectivity index (χ4v) is 2.36. The van der Waals surface area contributed by atoms with Crippen LogP contribution in [0.1, 0.15) is 42.5 Å². The number of hydrogen-bond acceptors (Lipinski definition) is 4. The molecule has 2 rings (SSSR count). The Labute approximate surface area is 107 Å². The average Bonchev–Trinajstić information content (AvgIpc) is 2.29. The van der Waals surface area contributed by atoms with Gasteiger partial charge in [-0.25, -0.2) is 9.78 Å². The van der Waals surface area contributed by atoms with E-state index in [-0.39, 0.29) is 11.3 Å². The number of carboxylic acid groups (broad SMARTS) is 1. The van der Waals surface area contributed by atoms with Gasteiger partial charge >= 0.3 is 5.97 Å². The molecule has 5 nitrogen and oxygen atoms in total. The van der Waals surface area contributed by atoms with Crippen molar-refractivity contribution in [3.8, 4) is 0 Å². The minimum atomic E-state index is -0.997. The van der Waals surface area contributed by atoms with E-state index in [1.54, 1.807) is 0 Å². The molecule has 2 heterocycles. The summed E-state index contributed by atoms with van der Waals surface area (Å²) in [5.74, 6) is -0.375. The SMILES string of the molecule is Nc1c(C(=O)O)ccnc1N1CCCCCCC1. The van der Waals surface area contributed by atoms with Gasteiger partial charge in [-0.1, -0.05) is 19.3 Å². The summed E-state index contributed by atoms with van der Waals surface area (Å²) < 4.78 is 0. The molecule has 0 spiro atoms. The number of aromatic carboxylic acids is 1. The molecule has 3 N–H and O–H groups in total. The Morgan fingerprint density at radius 1 is 1.22 bits per heavy atom. The summed E-state index contributed by atoms with van der Waals surface area (Å²) in [5, 5.41) is 9.06. The van der Waals surface area contributed by atoms with E-state index in [4.69, 9.17) is 10.8 Å². The number of nitrogens with zero attached hydrogens (tertiary/aromatic N) is 2. The van der Waals surface area contributed by atoms with Gasteiger partial charge in [0, 0.05) is 19.3 Å². The molecule has 1 aromatic rings. The summed E-state index contributed by atoms with van der Waals surface area (Å²) in [6, 6.07) is 1.45. The highest BCUT2D eigenvalue weighted by Gasteiger charge is 2.17. The predicted octanol–water partition coefficient (Wildman–Crippen LogP) is 2.13. The molecule has 0 saturated carbocycles. The van der Waals surface area contributed by atoms with Crippen molar-refractivity contribution in [3.05, 3.63) is 17.8 Å². The Morgan fingerprint density at radius 3 is 2.44 bits per heavy atom. The molecule has 1 fully saturated rings. The van der Waals surface area contributed by atoms with Crippen LogP contribution in [0.4, 0.5) is 11.5 Å². The lowest BCUT2D eigenvalue weighted by Crippen LogP contribution is -2.29. The Morgan fingerprint density at radius 2 is 1.83 bits per heavy atom. The second-order valence-corrected chi connectivity index (χ2v) is 4.66. The Kier molecular flexibility index (Phi) is 4.02. The summed E-state index contributed by atoms with van der Waals surface area (Å²) in [5.41, 5.74) is 6.34. The van der Waals surface area contributed by atoms with Crippen LogP contribution in [0.25, 0.3) is 0 Å². The predicted molar refractivity (Wildman–Crippen MR) is 70.9 cm³/mol. The van der Waals surface area contributed by atoms with Gasteiger partial charge in [-0.2, -0.15) is 0 Å². The van der Waals surface area contributed by atoms with E-state index in [9.17, 15) is 4.79 Å². The number of carboxylic acids is 1. The van der Waals surface area contributed by atoms with E-state index in [2.05, 4.69) is 9.88 Å². The molecule has 98 valence electrons. The van der Waals surface area contributed by atoms with Crippen molar-refractivity contribution in [2.24, 2.45) is 0 Å². The number of nitrogens with two attached hydrogens (primary N) is 1. The van der Waals surface area contributed by atoms with Crippen LogP contribution in [0.15, 0.2) is 12.3 Å². The van der Waals surface area contributed by atoms with Crippen molar-refractivity contribution in [2.75, 3.05) is 23.7 Å². The van der Waals surface area contributed by atoms with Crippen molar-refractivity contribution in [3.63, 3.8) is 0 Å². The summed E-state index contributed by atoms with van der Waals surface area (Å²) in [6.07, 6.45) is 7.46. The Bertz CT molecular complexity index is 426. The van der Waals surface area contributed by atoms with E-state index >= 15 is 0 Å². The zero-order valence-electron chi connectivity index (χ0n) is 10.4. The van der Waals surface area contributed by atoms with Crippen molar-refractivity contribution in [2.45, 2.75) is 32.1 Å². The van der Waals surface area contributed by atoms with Crippen molar-refractivity contribution < 1.29 is 9.90 Å². The first-order valence-corrected chi connectivity index (χ1v) is 6.43. The van der Waals surface area contributed by atoms with Gasteiger partial charge in [-0.05, 0) is 18.9 Å². The molecule has 18 heavy (non-hydrogen) atoms. The number of aromatic nitrogens is 1. The summed E-state index contributed by atoms with van der Waals surface area (Å²) in [7, 11) is 0. The minimum absolute atomic E-state index is 0.141. The van der Waals surface area contributed by atoms with E-state index in [0.717, 1.165) is 25.9 Å². The standard InChI is InChI=1S/C13H19N3O2/c14-11-10(13(17)18)6-7-15-12(11)16-8-4-2-1-3-5-9-16/h6-7H,1-5,8-9,14H2,(H,17,18). The maximum atomic E-state index is 11.1. The van der Waals surface area contributed by atoms with Gasteiger partial charge in [0.2, 0.25) is 0 Å². The lowest BCUT2D eigenvalue weighted by atomic mass is 10.1. The zero-order valence-corrected chi connectivity index (χ0v) is 10.4. The molecule has 0 amide bonds. The first-order valence-electron chi connectivity index (χ1n) is 6.43. The van der Waals surface area contributed by atoms with Crippen LogP contribution in [0.2, 0.25) is 0 Å². The van der Waals surface area contributed by atoms with Crippen LogP contribution < -0.4 is 10.6 Å². The molecule has 0 radical (unpaired) electrons. The first kappa shape index (κ1) is 12.7. The van der Waals surface area contributed by atoms with Gasteiger partial charge in [0.05, 0.1) is 11.3 Å². The van der Waals surface area contributed by atoms with Crippen LogP contribution >= 0.6 is 0 Å². The highest BCUT2D eigenvalue weighted by atomic mass is 16.4. The molecule has 0 bridgehead atoms. The first-order chi connectivity index (χ1) is 8.70. The molecule has 1 aliphatic rings. The van der Waals surface area contributed by atoms with E-state index in [1.165, 1.54) is 31.5 Å². The van der Waals surface area contributed by atoms with Crippen LogP contribution in [0, 0.1) is 0 Å². The summed E-state index contributed by atoms with van der Waals surface area (Å²) in [4.78, 5) is 17.4. The molecule has 1 aliphatic heterocycles. The normalized spacial score (nSPS) is 17.0. The Balaban J connectivity index is 2.25. The number of hydrogen-bond donors (Lipinski definition) is 2. The van der Waals surface area contributed by atoms with Gasteiger partial charge in [-0.3, -0.25) is 0 Å². The van der Waals surface area contributed by atoms with Gasteiger partial charge in [-0.15, -0.1) is 0 Å². The van der Waals surface area contributed by atoms with Crippen LogP contribution in [-0.2, 0) is 0 Å². The molecular weight excluding hydrogens is 230 g/mol. The third kappa shape index (κ3) is 2.72. The molecule has 5 heteroatoms. The van der Waals surface area contributed by atoms with Crippen molar-refractivity contribution in [1.82, 2.24) is 4.98 Å². The quantitative estimate of drug-likeness (QED) is 0.839. The number of nitrogen functional groups attached to an aromatic ring is 1. The van der Waals surface area contributed by atoms with E-state index in [0.29, 0.717) is 5.82 Å². The molecular formula is C13H19N3O2. The molecule has 0 unspecified atom stereocenters. The Hall–Kier alpha value is -1.78. The summed E-state index contributed by atoms with van der Waals surface area (Å²) >= 11 is 0. The lowest BCUT2D eigenvalue weighted by molar-refractivity contribution is 0.0698. The maximum Gasteiger partial charge on any atom is 0.337 e. The zero-order chi connectivity index (χ0) is 13.0. The van der Waals surface area contributed by atoms with Gasteiger partial charge < -0.3 is 15.7 Å². The number of carbonyl (C=O) groups is 1. The fraction of sp³-hybridized carbons (Fsp3) is 0.538. The van der Waals surface area contributed by atoms with Crippen LogP contribution in [0.5, 0.6) is 0 Å². The van der Waals surface area contributed by atoms with Gasteiger partial charge in [0.25, 0.3) is 0 Å². The molecule has 0 atom stereocenters. The largest absolute Gasteiger partial charge is 0.478 e. The van der Waals surface area contributed by atoms with Gasteiger partial charge in [0.1, 0.15) is 0 Å². The molecule has 0 aromatic carbocycles. The molecule has 1 saturated heterocycles. The second-order valence-electron chi connectivity index (χ2n) is 4.66. The monoisotopic (exact) mass is 249 g/mol. The molecule has 1 aromatic heterocycles. The van der Waals surface area contributed by atoms with Crippen molar-refractivity contribution >= 4 is 17.5 Å². The fourth-order valence-electron chi connectivity index (χ4n) is 2.36. The highest BCUT2D eigenvalue weighted by Crippen LogP contribution is 2.26. The number of pyridine rings is 1. The third-order valence-electron chi connectivity index (χ3n) is 3.36. The minimum Gasteiger partial charge on any atom is -0.478 e. The highest BCUT2D eigenvalue weighted by molar-refractivity contribution is 5.96. The van der Waals surface area contributed by atoms with Crippen LogP contribution in [-0.4, -0.2) is 29.1 Å². The van der Waals surface area contributed by atoms with Gasteiger partial charge in [0.15, 0.2) is 5.82 Å². The van der Waals surface area contributed by atoms with Crippen LogP contribution in [0.3, 0.4) is 0 Å². The van der Waals surface area contributed by atoms with E-state index in [1.807, 2.05) is 0 Å². The average molecular weight is 249 g/mol. The summed E-state index contributed by atoms with van der Waals surface area (Å²) in [6.45, 7) is 1.81. The topological polar surface area (TPSA) is 79.5 Å². The van der Waals surface area contributed by atoms with Crippen molar-refractivity contribution in [1.29, 1.82) is 0 Å². The van der Waals surface area contributed by atoms with E-state index < -0.39 is 5.97 Å². The maximum absolute atomic E-state index is 11.1. The molecule has 0 aliphatic carbocycles. The lowest BCUT2D eigenvalue weighted by Gasteiger charge is -2.27.